The summed E-state index contributed by atoms with van der Waals surface area (Å²) in [6, 6.07) is 6.17. The van der Waals surface area contributed by atoms with Crippen LogP contribution in [0.3, 0.4) is 0 Å². The van der Waals surface area contributed by atoms with Gasteiger partial charge in [0.15, 0.2) is 24.5 Å². The maximum Gasteiger partial charge on any atom is 0.303 e. The molecule has 17 heteroatoms. The van der Waals surface area contributed by atoms with E-state index >= 15 is 0 Å². The zero-order valence-corrected chi connectivity index (χ0v) is 25.0. The molecule has 0 bridgehead atoms. The monoisotopic (exact) mass is 630 g/mol. The fraction of sp³-hybridized carbons (Fsp3) is 0.520. The lowest BCUT2D eigenvalue weighted by molar-refractivity contribution is -0.270. The molecule has 1 aliphatic rings. The van der Waals surface area contributed by atoms with E-state index in [4.69, 9.17) is 35.3 Å². The Kier molecular flexibility index (Phi) is 10.9. The lowest BCUT2D eigenvalue weighted by Crippen LogP contribution is -2.60. The van der Waals surface area contributed by atoms with E-state index in [9.17, 15) is 27.6 Å². The number of hydrogen-bond donors (Lipinski definition) is 0. The van der Waals surface area contributed by atoms with E-state index < -0.39 is 71.2 Å². The number of benzene rings is 1. The second-order valence-corrected chi connectivity index (χ2v) is 11.8. The van der Waals surface area contributed by atoms with Crippen LogP contribution in [0, 0.1) is 0 Å². The van der Waals surface area contributed by atoms with Crippen LogP contribution in [0.15, 0.2) is 30.5 Å². The Hall–Kier alpha value is -3.76. The molecule has 0 spiro atoms. The molecule has 1 fully saturated rings. The third-order valence-corrected chi connectivity index (χ3v) is 7.90. The van der Waals surface area contributed by atoms with Crippen molar-refractivity contribution in [3.8, 4) is 0 Å². The van der Waals surface area contributed by atoms with Gasteiger partial charge in [-0.15, -0.1) is 5.10 Å². The molecule has 15 nitrogen and oxygen atoms in total. The molecule has 5 atom stereocenters. The molecule has 1 aliphatic heterocycles. The standard InChI is InChI=1S/C25H31ClN4O11S/c1-6-42(35,36)30(20-9-7-18(26)8-10-20)12-19-11-29(28-27-19)25-24(40-17(5)34)23(39-16(4)33)22(38-15(3)32)21(41-25)13-37-14(2)31/h7-11,21-25H,6,12-13H2,1-5H3/t21-,22-,23+,24-,25-/m1/s1. The van der Waals surface area contributed by atoms with Gasteiger partial charge in [-0.1, -0.05) is 16.8 Å². The van der Waals surface area contributed by atoms with Gasteiger partial charge in [0.2, 0.25) is 10.0 Å². The first-order valence-corrected chi connectivity index (χ1v) is 14.7. The Balaban J connectivity index is 2.03. The average molecular weight is 631 g/mol. The highest BCUT2D eigenvalue weighted by molar-refractivity contribution is 7.92. The van der Waals surface area contributed by atoms with Crippen LogP contribution in [-0.4, -0.2) is 84.1 Å². The predicted molar refractivity (Wildman–Crippen MR) is 144 cm³/mol. The smallest absolute Gasteiger partial charge is 0.303 e. The van der Waals surface area contributed by atoms with Gasteiger partial charge >= 0.3 is 23.9 Å². The minimum absolute atomic E-state index is 0.176. The van der Waals surface area contributed by atoms with Crippen molar-refractivity contribution in [1.29, 1.82) is 0 Å². The molecule has 0 aliphatic carbocycles. The first kappa shape index (κ1) is 32.8. The van der Waals surface area contributed by atoms with Gasteiger partial charge in [-0.3, -0.25) is 23.5 Å². The Bertz CT molecular complexity index is 1400. The molecule has 1 aromatic heterocycles. The van der Waals surface area contributed by atoms with Gasteiger partial charge in [0.1, 0.15) is 18.4 Å². The fourth-order valence-corrected chi connectivity index (χ4v) is 5.40. The van der Waals surface area contributed by atoms with Crippen LogP contribution >= 0.6 is 11.6 Å². The molecule has 2 heterocycles. The van der Waals surface area contributed by atoms with Crippen molar-refractivity contribution in [2.75, 3.05) is 16.7 Å². The Morgan fingerprint density at radius 3 is 2.05 bits per heavy atom. The quantitative estimate of drug-likeness (QED) is 0.258. The summed E-state index contributed by atoms with van der Waals surface area (Å²) in [5, 5.41) is 8.54. The van der Waals surface area contributed by atoms with Crippen molar-refractivity contribution in [3.63, 3.8) is 0 Å². The Morgan fingerprint density at radius 1 is 0.929 bits per heavy atom. The number of anilines is 1. The summed E-state index contributed by atoms with van der Waals surface area (Å²) in [4.78, 5) is 47.6. The minimum Gasteiger partial charge on any atom is -0.463 e. The number of rotatable bonds is 11. The topological polar surface area (TPSA) is 183 Å². The zero-order chi connectivity index (χ0) is 31.2. The SMILES string of the molecule is CCS(=O)(=O)N(Cc1cn([C@@H]2O[C@H](COC(C)=O)[C@@H](OC(C)=O)[C@H](OC(C)=O)[C@H]2OC(C)=O)nn1)c1ccc(Cl)cc1. The average Bonchev–Trinajstić information content (AvgIpc) is 3.37. The molecule has 230 valence electrons. The second kappa shape index (κ2) is 13.9. The van der Waals surface area contributed by atoms with Crippen molar-refractivity contribution in [2.45, 2.75) is 71.8 Å². The third-order valence-electron chi connectivity index (χ3n) is 5.91. The molecule has 0 unspecified atom stereocenters. The summed E-state index contributed by atoms with van der Waals surface area (Å²) in [6.45, 7) is 5.33. The summed E-state index contributed by atoms with van der Waals surface area (Å²) < 4.78 is 55.5. The van der Waals surface area contributed by atoms with Crippen LogP contribution in [-0.2, 0) is 59.4 Å². The van der Waals surface area contributed by atoms with Gasteiger partial charge in [-0.2, -0.15) is 0 Å². The van der Waals surface area contributed by atoms with E-state index in [0.29, 0.717) is 10.7 Å². The molecular weight excluding hydrogens is 600 g/mol. The lowest BCUT2D eigenvalue weighted by Gasteiger charge is -2.44. The van der Waals surface area contributed by atoms with Gasteiger partial charge in [0, 0.05) is 32.7 Å². The Labute approximate surface area is 247 Å². The number of aromatic nitrogens is 3. The molecule has 0 N–H and O–H groups in total. The number of nitrogens with zero attached hydrogens (tertiary/aromatic N) is 4. The van der Waals surface area contributed by atoms with Gasteiger partial charge < -0.3 is 23.7 Å². The molecule has 1 saturated heterocycles. The van der Waals surface area contributed by atoms with Crippen LogP contribution in [0.4, 0.5) is 5.69 Å². The summed E-state index contributed by atoms with van der Waals surface area (Å²) in [6.07, 6.45) is -5.34. The molecular formula is C25H31ClN4O11S. The van der Waals surface area contributed by atoms with E-state index in [-0.39, 0.29) is 18.0 Å². The van der Waals surface area contributed by atoms with E-state index in [1.54, 1.807) is 24.3 Å². The van der Waals surface area contributed by atoms with Gasteiger partial charge in [-0.05, 0) is 31.2 Å². The summed E-state index contributed by atoms with van der Waals surface area (Å²) in [5.41, 5.74) is 0.512. The largest absolute Gasteiger partial charge is 0.463 e. The highest BCUT2D eigenvalue weighted by Crippen LogP contribution is 2.34. The van der Waals surface area contributed by atoms with Gasteiger partial charge in [-0.25, -0.2) is 13.1 Å². The number of halogens is 1. The molecule has 0 saturated carbocycles. The van der Waals surface area contributed by atoms with Gasteiger partial charge in [0.25, 0.3) is 0 Å². The molecule has 0 radical (unpaired) electrons. The van der Waals surface area contributed by atoms with Crippen LogP contribution in [0.5, 0.6) is 0 Å². The summed E-state index contributed by atoms with van der Waals surface area (Å²) in [7, 11) is -3.77. The van der Waals surface area contributed by atoms with Crippen molar-refractivity contribution in [2.24, 2.45) is 0 Å². The number of ether oxygens (including phenoxy) is 5. The summed E-state index contributed by atoms with van der Waals surface area (Å²) in [5.74, 6) is -3.21. The number of carbonyl (C=O) groups is 4. The minimum atomic E-state index is -3.77. The number of sulfonamides is 1. The molecule has 2 aromatic rings. The van der Waals surface area contributed by atoms with Crippen LogP contribution in [0.2, 0.25) is 5.02 Å². The maximum atomic E-state index is 12.9. The molecule has 3 rings (SSSR count). The maximum absolute atomic E-state index is 12.9. The first-order chi connectivity index (χ1) is 19.7. The highest BCUT2D eigenvalue weighted by atomic mass is 35.5. The number of carbonyl (C=O) groups excluding carboxylic acids is 4. The summed E-state index contributed by atoms with van der Waals surface area (Å²) >= 11 is 5.97. The highest BCUT2D eigenvalue weighted by Gasteiger charge is 2.53. The van der Waals surface area contributed by atoms with Crippen LogP contribution < -0.4 is 4.31 Å². The predicted octanol–water partition coefficient (Wildman–Crippen LogP) is 1.54. The normalized spacial score (nSPS) is 22.1. The van der Waals surface area contributed by atoms with E-state index in [1.165, 1.54) is 13.1 Å². The van der Waals surface area contributed by atoms with Crippen molar-refractivity contribution < 1.29 is 51.3 Å². The van der Waals surface area contributed by atoms with Gasteiger partial charge in [0.05, 0.1) is 24.2 Å². The van der Waals surface area contributed by atoms with Crippen molar-refractivity contribution in [3.05, 3.63) is 41.2 Å². The van der Waals surface area contributed by atoms with Crippen molar-refractivity contribution in [1.82, 2.24) is 15.0 Å². The Morgan fingerprint density at radius 2 is 1.50 bits per heavy atom. The van der Waals surface area contributed by atoms with E-state index in [2.05, 4.69) is 10.3 Å². The lowest BCUT2D eigenvalue weighted by atomic mass is 9.97. The third kappa shape index (κ3) is 8.39. The second-order valence-electron chi connectivity index (χ2n) is 9.16. The van der Waals surface area contributed by atoms with E-state index in [0.717, 1.165) is 36.7 Å². The number of hydrogen-bond acceptors (Lipinski definition) is 13. The van der Waals surface area contributed by atoms with E-state index in [1.807, 2.05) is 0 Å². The molecule has 42 heavy (non-hydrogen) atoms. The molecule has 0 amide bonds. The number of esters is 4. The van der Waals surface area contributed by atoms with Crippen LogP contribution in [0.25, 0.3) is 0 Å². The van der Waals surface area contributed by atoms with Crippen LogP contribution in [0.1, 0.15) is 46.5 Å². The first-order valence-electron chi connectivity index (χ1n) is 12.7. The molecule has 1 aromatic carbocycles. The zero-order valence-electron chi connectivity index (χ0n) is 23.5. The van der Waals surface area contributed by atoms with Crippen molar-refractivity contribution >= 4 is 51.2 Å². The fourth-order valence-electron chi connectivity index (χ4n) is 4.19.